The van der Waals surface area contributed by atoms with Crippen molar-refractivity contribution in [1.29, 1.82) is 5.41 Å². The highest BCUT2D eigenvalue weighted by atomic mass is 14.9. The molecule has 0 aromatic carbocycles. The zero-order chi connectivity index (χ0) is 8.97. The van der Waals surface area contributed by atoms with Crippen molar-refractivity contribution in [2.45, 2.75) is 25.8 Å². The summed E-state index contributed by atoms with van der Waals surface area (Å²) in [5.74, 6) is 0.432. The highest BCUT2D eigenvalue weighted by Crippen LogP contribution is 2.22. The molecule has 0 aromatic heterocycles. The lowest BCUT2D eigenvalue weighted by atomic mass is 9.86. The summed E-state index contributed by atoms with van der Waals surface area (Å²) < 4.78 is 0. The van der Waals surface area contributed by atoms with E-state index >= 15 is 0 Å². The second kappa shape index (κ2) is 4.26. The SMILES string of the molecule is CC1NCCCC1/C(C=N)=C/N. The van der Waals surface area contributed by atoms with Gasteiger partial charge in [-0.2, -0.15) is 0 Å². The van der Waals surface area contributed by atoms with Gasteiger partial charge in [-0.25, -0.2) is 0 Å². The zero-order valence-corrected chi connectivity index (χ0v) is 7.51. The maximum Gasteiger partial charge on any atom is 0.0227 e. The van der Waals surface area contributed by atoms with Crippen LogP contribution in [0.15, 0.2) is 11.8 Å². The molecule has 12 heavy (non-hydrogen) atoms. The van der Waals surface area contributed by atoms with Gasteiger partial charge in [0.25, 0.3) is 0 Å². The third kappa shape index (κ3) is 1.85. The summed E-state index contributed by atoms with van der Waals surface area (Å²) >= 11 is 0. The van der Waals surface area contributed by atoms with Crippen molar-refractivity contribution >= 4 is 6.21 Å². The Bertz CT molecular complexity index is 186. The van der Waals surface area contributed by atoms with E-state index in [0.29, 0.717) is 12.0 Å². The number of hydrogen-bond acceptors (Lipinski definition) is 3. The first-order valence-corrected chi connectivity index (χ1v) is 4.45. The molecule has 1 saturated heterocycles. The third-order valence-electron chi connectivity index (χ3n) is 2.55. The van der Waals surface area contributed by atoms with Gasteiger partial charge in [-0.1, -0.05) is 0 Å². The van der Waals surface area contributed by atoms with Crippen LogP contribution in [-0.4, -0.2) is 18.8 Å². The largest absolute Gasteiger partial charge is 0.404 e. The average Bonchev–Trinajstić information content (AvgIpc) is 2.10. The fourth-order valence-corrected chi connectivity index (χ4v) is 1.78. The van der Waals surface area contributed by atoms with Gasteiger partial charge in [0.15, 0.2) is 0 Å². The van der Waals surface area contributed by atoms with Gasteiger partial charge in [0, 0.05) is 18.2 Å². The van der Waals surface area contributed by atoms with Crippen molar-refractivity contribution in [1.82, 2.24) is 5.32 Å². The van der Waals surface area contributed by atoms with Crippen LogP contribution in [0.1, 0.15) is 19.8 Å². The highest BCUT2D eigenvalue weighted by Gasteiger charge is 2.22. The topological polar surface area (TPSA) is 61.9 Å². The first-order valence-electron chi connectivity index (χ1n) is 4.45. The summed E-state index contributed by atoms with van der Waals surface area (Å²) in [5, 5.41) is 10.6. The molecule has 68 valence electrons. The molecule has 0 aliphatic carbocycles. The lowest BCUT2D eigenvalue weighted by Crippen LogP contribution is -2.40. The molecule has 0 bridgehead atoms. The molecule has 1 heterocycles. The van der Waals surface area contributed by atoms with Crippen LogP contribution >= 0.6 is 0 Å². The minimum atomic E-state index is 0.432. The fraction of sp³-hybridized carbons (Fsp3) is 0.667. The Morgan fingerprint density at radius 1 is 1.67 bits per heavy atom. The monoisotopic (exact) mass is 167 g/mol. The summed E-state index contributed by atoms with van der Waals surface area (Å²) in [6, 6.07) is 0.454. The lowest BCUT2D eigenvalue weighted by Gasteiger charge is -2.30. The van der Waals surface area contributed by atoms with Crippen LogP contribution in [0.25, 0.3) is 0 Å². The van der Waals surface area contributed by atoms with Crippen LogP contribution in [0.5, 0.6) is 0 Å². The van der Waals surface area contributed by atoms with Gasteiger partial charge in [-0.05, 0) is 38.1 Å². The quantitative estimate of drug-likeness (QED) is 0.534. The van der Waals surface area contributed by atoms with E-state index in [9.17, 15) is 0 Å². The summed E-state index contributed by atoms with van der Waals surface area (Å²) in [5.41, 5.74) is 6.39. The molecule has 4 N–H and O–H groups in total. The molecule has 0 spiro atoms. The Hall–Kier alpha value is -0.830. The first-order chi connectivity index (χ1) is 5.79. The van der Waals surface area contributed by atoms with Gasteiger partial charge >= 0.3 is 0 Å². The summed E-state index contributed by atoms with van der Waals surface area (Å²) in [6.45, 7) is 3.24. The number of hydrogen-bond donors (Lipinski definition) is 3. The van der Waals surface area contributed by atoms with Crippen molar-refractivity contribution in [3.05, 3.63) is 11.8 Å². The minimum Gasteiger partial charge on any atom is -0.404 e. The van der Waals surface area contributed by atoms with Crippen molar-refractivity contribution in [3.8, 4) is 0 Å². The molecule has 1 rings (SSSR count). The van der Waals surface area contributed by atoms with Crippen LogP contribution in [0, 0.1) is 11.3 Å². The molecule has 3 heteroatoms. The van der Waals surface area contributed by atoms with Gasteiger partial charge in [0.05, 0.1) is 0 Å². The van der Waals surface area contributed by atoms with Crippen LogP contribution in [0.2, 0.25) is 0 Å². The summed E-state index contributed by atoms with van der Waals surface area (Å²) in [4.78, 5) is 0. The van der Waals surface area contributed by atoms with E-state index in [4.69, 9.17) is 11.1 Å². The van der Waals surface area contributed by atoms with Gasteiger partial charge in [0.2, 0.25) is 0 Å². The van der Waals surface area contributed by atoms with E-state index in [-0.39, 0.29) is 0 Å². The Kier molecular flexibility index (Phi) is 3.29. The molecular weight excluding hydrogens is 150 g/mol. The van der Waals surface area contributed by atoms with Gasteiger partial charge in [-0.15, -0.1) is 0 Å². The standard InChI is InChI=1S/C9H17N3/c1-7-9(3-2-4-12-7)8(5-10)6-11/h5-7,9-10,12H,2-4,11H2,1H3/b8-6+,10-5?. The van der Waals surface area contributed by atoms with Crippen LogP contribution in [0.3, 0.4) is 0 Å². The molecule has 0 radical (unpaired) electrons. The van der Waals surface area contributed by atoms with E-state index in [2.05, 4.69) is 12.2 Å². The van der Waals surface area contributed by atoms with E-state index < -0.39 is 0 Å². The van der Waals surface area contributed by atoms with Crippen LogP contribution in [0.4, 0.5) is 0 Å². The molecule has 0 aromatic rings. The average molecular weight is 167 g/mol. The number of piperidine rings is 1. The van der Waals surface area contributed by atoms with Crippen LogP contribution in [-0.2, 0) is 0 Å². The molecule has 0 amide bonds. The Balaban J connectivity index is 2.64. The molecule has 1 fully saturated rings. The maximum atomic E-state index is 7.19. The molecule has 1 aliphatic heterocycles. The van der Waals surface area contributed by atoms with Crippen molar-refractivity contribution in [2.24, 2.45) is 11.7 Å². The van der Waals surface area contributed by atoms with Crippen molar-refractivity contribution < 1.29 is 0 Å². The minimum absolute atomic E-state index is 0.432. The normalized spacial score (nSPS) is 31.6. The second-order valence-corrected chi connectivity index (χ2v) is 3.30. The molecular formula is C9H17N3. The van der Waals surface area contributed by atoms with Crippen molar-refractivity contribution in [3.63, 3.8) is 0 Å². The Morgan fingerprint density at radius 3 is 2.92 bits per heavy atom. The molecule has 2 unspecified atom stereocenters. The van der Waals surface area contributed by atoms with E-state index in [1.807, 2.05) is 0 Å². The van der Waals surface area contributed by atoms with Gasteiger partial charge in [-0.3, -0.25) is 0 Å². The van der Waals surface area contributed by atoms with E-state index in [0.717, 1.165) is 18.5 Å². The van der Waals surface area contributed by atoms with E-state index in [1.165, 1.54) is 12.6 Å². The summed E-state index contributed by atoms with van der Waals surface area (Å²) in [6.07, 6.45) is 5.25. The van der Waals surface area contributed by atoms with Crippen molar-refractivity contribution in [2.75, 3.05) is 6.54 Å². The second-order valence-electron chi connectivity index (χ2n) is 3.30. The van der Waals surface area contributed by atoms with Gasteiger partial charge in [0.1, 0.15) is 0 Å². The van der Waals surface area contributed by atoms with Crippen LogP contribution < -0.4 is 11.1 Å². The Labute approximate surface area is 73.5 Å². The number of rotatable bonds is 2. The Morgan fingerprint density at radius 2 is 2.42 bits per heavy atom. The molecule has 1 aliphatic rings. The third-order valence-corrected chi connectivity index (χ3v) is 2.55. The zero-order valence-electron chi connectivity index (χ0n) is 7.51. The molecule has 2 atom stereocenters. The van der Waals surface area contributed by atoms with Gasteiger partial charge < -0.3 is 16.5 Å². The van der Waals surface area contributed by atoms with E-state index in [1.54, 1.807) is 6.20 Å². The molecule has 0 saturated carbocycles. The first kappa shape index (κ1) is 9.26. The smallest absolute Gasteiger partial charge is 0.0227 e. The lowest BCUT2D eigenvalue weighted by molar-refractivity contribution is 0.342. The number of nitrogens with two attached hydrogens (primary N) is 1. The highest BCUT2D eigenvalue weighted by molar-refractivity contribution is 5.76. The fourth-order valence-electron chi connectivity index (χ4n) is 1.78. The number of nitrogens with one attached hydrogen (secondary N) is 2. The maximum absolute atomic E-state index is 7.19. The predicted octanol–water partition coefficient (Wildman–Crippen LogP) is 0.867. The molecule has 3 nitrogen and oxygen atoms in total. The summed E-state index contributed by atoms with van der Waals surface area (Å²) in [7, 11) is 0. The predicted molar refractivity (Wildman–Crippen MR) is 51.2 cm³/mol.